The van der Waals surface area contributed by atoms with E-state index >= 15 is 0 Å². The molecule has 1 amide bonds. The fourth-order valence-corrected chi connectivity index (χ4v) is 2.72. The summed E-state index contributed by atoms with van der Waals surface area (Å²) in [6.45, 7) is 5.59. The van der Waals surface area contributed by atoms with Crippen LogP contribution in [0, 0.1) is 26.6 Å². The Morgan fingerprint density at radius 1 is 1.08 bits per heavy atom. The predicted molar refractivity (Wildman–Crippen MR) is 92.1 cm³/mol. The predicted octanol–water partition coefficient (Wildman–Crippen LogP) is 4.19. The summed E-state index contributed by atoms with van der Waals surface area (Å²) in [4.78, 5) is 12.6. The third kappa shape index (κ3) is 3.06. The van der Waals surface area contributed by atoms with Crippen LogP contribution >= 0.6 is 0 Å². The minimum Gasteiger partial charge on any atom is -0.322 e. The Labute approximate surface area is 139 Å². The van der Waals surface area contributed by atoms with Gasteiger partial charge in [-0.25, -0.2) is 9.07 Å². The molecular weight excluding hydrogens is 305 g/mol. The van der Waals surface area contributed by atoms with E-state index in [1.54, 1.807) is 23.7 Å². The van der Waals surface area contributed by atoms with Crippen molar-refractivity contribution in [2.75, 3.05) is 5.32 Å². The molecule has 0 atom stereocenters. The van der Waals surface area contributed by atoms with Crippen LogP contribution in [-0.2, 0) is 0 Å². The van der Waals surface area contributed by atoms with Crippen molar-refractivity contribution in [1.82, 2.24) is 9.78 Å². The van der Waals surface area contributed by atoms with Gasteiger partial charge in [-0.05, 0) is 62.7 Å². The van der Waals surface area contributed by atoms with E-state index in [0.717, 1.165) is 11.3 Å². The maximum absolute atomic E-state index is 13.1. The first-order chi connectivity index (χ1) is 11.5. The van der Waals surface area contributed by atoms with Gasteiger partial charge in [-0.1, -0.05) is 12.1 Å². The number of anilines is 1. The standard InChI is InChI=1S/C19H18FN3O/c1-12-5-4-6-16(11-12)21-19(24)18-13(2)22-23(14(18)3)17-9-7-15(20)8-10-17/h4-11H,1-3H3,(H,21,24). The topological polar surface area (TPSA) is 46.9 Å². The molecular formula is C19H18FN3O. The highest BCUT2D eigenvalue weighted by molar-refractivity contribution is 6.06. The van der Waals surface area contributed by atoms with Crippen LogP contribution in [0.3, 0.4) is 0 Å². The Bertz CT molecular complexity index is 897. The van der Waals surface area contributed by atoms with Crippen LogP contribution in [0.1, 0.15) is 27.3 Å². The van der Waals surface area contributed by atoms with Crippen LogP contribution in [0.4, 0.5) is 10.1 Å². The van der Waals surface area contributed by atoms with Crippen molar-refractivity contribution in [2.45, 2.75) is 20.8 Å². The molecule has 0 bridgehead atoms. The van der Waals surface area contributed by atoms with Crippen molar-refractivity contribution < 1.29 is 9.18 Å². The molecule has 5 heteroatoms. The Morgan fingerprint density at radius 3 is 2.46 bits per heavy atom. The van der Waals surface area contributed by atoms with Crippen molar-refractivity contribution in [3.8, 4) is 5.69 Å². The maximum Gasteiger partial charge on any atom is 0.259 e. The molecule has 24 heavy (non-hydrogen) atoms. The first-order valence-electron chi connectivity index (χ1n) is 7.66. The van der Waals surface area contributed by atoms with E-state index in [1.165, 1.54) is 12.1 Å². The summed E-state index contributed by atoms with van der Waals surface area (Å²) in [6.07, 6.45) is 0. The number of aromatic nitrogens is 2. The first-order valence-corrected chi connectivity index (χ1v) is 7.66. The van der Waals surface area contributed by atoms with Crippen molar-refractivity contribution in [1.29, 1.82) is 0 Å². The highest BCUT2D eigenvalue weighted by Crippen LogP contribution is 2.20. The van der Waals surface area contributed by atoms with Gasteiger partial charge in [0.1, 0.15) is 5.82 Å². The third-order valence-corrected chi connectivity index (χ3v) is 3.87. The summed E-state index contributed by atoms with van der Waals surface area (Å²) < 4.78 is 14.7. The smallest absolute Gasteiger partial charge is 0.259 e. The molecule has 0 aliphatic rings. The van der Waals surface area contributed by atoms with Crippen LogP contribution in [0.5, 0.6) is 0 Å². The van der Waals surface area contributed by atoms with E-state index in [2.05, 4.69) is 10.4 Å². The molecule has 0 saturated carbocycles. The molecule has 0 aliphatic carbocycles. The number of halogens is 1. The summed E-state index contributed by atoms with van der Waals surface area (Å²) in [7, 11) is 0. The zero-order valence-corrected chi connectivity index (χ0v) is 13.8. The van der Waals surface area contributed by atoms with Crippen LogP contribution in [0.25, 0.3) is 5.69 Å². The second-order valence-electron chi connectivity index (χ2n) is 5.76. The van der Waals surface area contributed by atoms with E-state index < -0.39 is 0 Å². The van der Waals surface area contributed by atoms with Gasteiger partial charge in [0.15, 0.2) is 0 Å². The summed E-state index contributed by atoms with van der Waals surface area (Å²) in [5.41, 5.74) is 4.40. The number of carbonyl (C=O) groups is 1. The summed E-state index contributed by atoms with van der Waals surface area (Å²) >= 11 is 0. The number of aryl methyl sites for hydroxylation is 2. The molecule has 0 aliphatic heterocycles. The van der Waals surface area contributed by atoms with Crippen LogP contribution in [0.2, 0.25) is 0 Å². The molecule has 1 aromatic heterocycles. The molecule has 0 unspecified atom stereocenters. The van der Waals surface area contributed by atoms with E-state index in [1.807, 2.05) is 38.1 Å². The second-order valence-corrected chi connectivity index (χ2v) is 5.76. The largest absolute Gasteiger partial charge is 0.322 e. The van der Waals surface area contributed by atoms with Crippen molar-refractivity contribution >= 4 is 11.6 Å². The lowest BCUT2D eigenvalue weighted by molar-refractivity contribution is 0.102. The minimum absolute atomic E-state index is 0.205. The average Bonchev–Trinajstić information content (AvgIpc) is 2.83. The second kappa shape index (κ2) is 6.28. The van der Waals surface area contributed by atoms with Gasteiger partial charge in [0.05, 0.1) is 22.6 Å². The highest BCUT2D eigenvalue weighted by atomic mass is 19.1. The number of nitrogens with zero attached hydrogens (tertiary/aromatic N) is 2. The van der Waals surface area contributed by atoms with E-state index in [0.29, 0.717) is 22.6 Å². The lowest BCUT2D eigenvalue weighted by atomic mass is 10.1. The van der Waals surface area contributed by atoms with E-state index in [4.69, 9.17) is 0 Å². The molecule has 0 saturated heterocycles. The highest BCUT2D eigenvalue weighted by Gasteiger charge is 2.19. The van der Waals surface area contributed by atoms with Crippen LogP contribution < -0.4 is 5.32 Å². The van der Waals surface area contributed by atoms with Crippen molar-refractivity contribution in [3.05, 3.63) is 76.9 Å². The van der Waals surface area contributed by atoms with Gasteiger partial charge in [0.25, 0.3) is 5.91 Å². The molecule has 122 valence electrons. The summed E-state index contributed by atoms with van der Waals surface area (Å²) in [5, 5.41) is 7.33. The van der Waals surface area contributed by atoms with Crippen molar-refractivity contribution in [3.63, 3.8) is 0 Å². The van der Waals surface area contributed by atoms with Crippen LogP contribution in [0.15, 0.2) is 48.5 Å². The average molecular weight is 323 g/mol. The first kappa shape index (κ1) is 15.9. The van der Waals surface area contributed by atoms with Crippen molar-refractivity contribution in [2.24, 2.45) is 0 Å². The van der Waals surface area contributed by atoms with Gasteiger partial charge in [-0.15, -0.1) is 0 Å². The number of nitrogens with one attached hydrogen (secondary N) is 1. The minimum atomic E-state index is -0.308. The quantitative estimate of drug-likeness (QED) is 0.785. The zero-order valence-electron chi connectivity index (χ0n) is 13.8. The van der Waals surface area contributed by atoms with Gasteiger partial charge in [0.2, 0.25) is 0 Å². The number of benzene rings is 2. The fourth-order valence-electron chi connectivity index (χ4n) is 2.72. The lowest BCUT2D eigenvalue weighted by Gasteiger charge is -2.07. The monoisotopic (exact) mass is 323 g/mol. The van der Waals surface area contributed by atoms with E-state index in [9.17, 15) is 9.18 Å². The van der Waals surface area contributed by atoms with E-state index in [-0.39, 0.29) is 11.7 Å². The number of carbonyl (C=O) groups excluding carboxylic acids is 1. The zero-order chi connectivity index (χ0) is 17.3. The summed E-state index contributed by atoms with van der Waals surface area (Å²) in [5.74, 6) is -0.512. The van der Waals surface area contributed by atoms with Gasteiger partial charge in [-0.2, -0.15) is 5.10 Å². The molecule has 0 spiro atoms. The Kier molecular flexibility index (Phi) is 4.16. The molecule has 0 fully saturated rings. The molecule has 1 N–H and O–H groups in total. The van der Waals surface area contributed by atoms with Gasteiger partial charge >= 0.3 is 0 Å². The fraction of sp³-hybridized carbons (Fsp3) is 0.158. The third-order valence-electron chi connectivity index (χ3n) is 3.87. The number of hydrogen-bond acceptors (Lipinski definition) is 2. The Balaban J connectivity index is 1.94. The Morgan fingerprint density at radius 2 is 1.79 bits per heavy atom. The SMILES string of the molecule is Cc1cccc(NC(=O)c2c(C)nn(-c3ccc(F)cc3)c2C)c1. The number of hydrogen-bond donors (Lipinski definition) is 1. The normalized spacial score (nSPS) is 10.7. The lowest BCUT2D eigenvalue weighted by Crippen LogP contribution is -2.14. The molecule has 2 aromatic carbocycles. The molecule has 4 nitrogen and oxygen atoms in total. The van der Waals surface area contributed by atoms with Gasteiger partial charge in [0, 0.05) is 5.69 Å². The maximum atomic E-state index is 13.1. The van der Waals surface area contributed by atoms with Gasteiger partial charge < -0.3 is 5.32 Å². The molecule has 0 radical (unpaired) electrons. The number of rotatable bonds is 3. The molecule has 1 heterocycles. The van der Waals surface area contributed by atoms with Gasteiger partial charge in [-0.3, -0.25) is 4.79 Å². The Hall–Kier alpha value is -2.95. The summed E-state index contributed by atoms with van der Waals surface area (Å²) in [6, 6.07) is 13.6. The molecule has 3 aromatic rings. The van der Waals surface area contributed by atoms with Crippen LogP contribution in [-0.4, -0.2) is 15.7 Å². The number of amides is 1. The molecule has 3 rings (SSSR count).